The summed E-state index contributed by atoms with van der Waals surface area (Å²) in [4.78, 5) is 14.1. The molecule has 148 valence electrons. The van der Waals surface area contributed by atoms with E-state index in [2.05, 4.69) is 34.3 Å². The molecule has 0 saturated heterocycles. The Labute approximate surface area is 165 Å². The normalized spacial score (nSPS) is 15.7. The maximum atomic E-state index is 5.93. The third kappa shape index (κ3) is 5.23. The monoisotopic (exact) mass is 381 g/mol. The standard InChI is InChI=1S/C21H27N5O2/c1-21(2)25-19(22)24-20(23)26(21)28-15-17-10-6-12-18(14-17)27-13-7-11-16-8-4-3-5-9-16/h3-6,8-10,12,14H,7,11,13,15H2,1-2H3,(H4,22,23,24,25). The summed E-state index contributed by atoms with van der Waals surface area (Å²) in [6.07, 6.45) is 1.95. The molecule has 0 unspecified atom stereocenters. The van der Waals surface area contributed by atoms with Gasteiger partial charge in [-0.1, -0.05) is 42.5 Å². The molecule has 7 nitrogen and oxygen atoms in total. The van der Waals surface area contributed by atoms with E-state index < -0.39 is 5.66 Å². The Kier molecular flexibility index (Phi) is 6.16. The Morgan fingerprint density at radius 3 is 2.50 bits per heavy atom. The molecule has 1 aliphatic heterocycles. The zero-order valence-electron chi connectivity index (χ0n) is 16.3. The van der Waals surface area contributed by atoms with Crippen LogP contribution < -0.4 is 16.2 Å². The van der Waals surface area contributed by atoms with Crippen molar-refractivity contribution in [3.63, 3.8) is 0 Å². The maximum absolute atomic E-state index is 5.93. The zero-order valence-corrected chi connectivity index (χ0v) is 16.3. The quantitative estimate of drug-likeness (QED) is 0.685. The molecule has 0 aromatic heterocycles. The molecule has 2 aromatic rings. The van der Waals surface area contributed by atoms with Crippen LogP contribution in [0.15, 0.2) is 64.6 Å². The highest BCUT2D eigenvalue weighted by Gasteiger charge is 2.33. The lowest BCUT2D eigenvalue weighted by Gasteiger charge is -2.36. The van der Waals surface area contributed by atoms with Crippen LogP contribution in [-0.4, -0.2) is 29.3 Å². The number of hydroxylamine groups is 2. The smallest absolute Gasteiger partial charge is 0.226 e. The van der Waals surface area contributed by atoms with Gasteiger partial charge in [0, 0.05) is 0 Å². The predicted octanol–water partition coefficient (Wildman–Crippen LogP) is 2.81. The van der Waals surface area contributed by atoms with Crippen molar-refractivity contribution in [2.75, 3.05) is 6.61 Å². The van der Waals surface area contributed by atoms with Crippen molar-refractivity contribution in [2.45, 2.75) is 39.0 Å². The van der Waals surface area contributed by atoms with Gasteiger partial charge in [0.25, 0.3) is 0 Å². The molecule has 0 spiro atoms. The van der Waals surface area contributed by atoms with Crippen molar-refractivity contribution >= 4 is 11.9 Å². The number of nitrogens with zero attached hydrogens (tertiary/aromatic N) is 3. The highest BCUT2D eigenvalue weighted by molar-refractivity contribution is 5.95. The van der Waals surface area contributed by atoms with Gasteiger partial charge in [0.2, 0.25) is 11.9 Å². The fraction of sp³-hybridized carbons (Fsp3) is 0.333. The number of guanidine groups is 2. The van der Waals surface area contributed by atoms with Gasteiger partial charge in [-0.15, -0.1) is 0 Å². The summed E-state index contributed by atoms with van der Waals surface area (Å²) >= 11 is 0. The summed E-state index contributed by atoms with van der Waals surface area (Å²) in [5.74, 6) is 1.15. The van der Waals surface area contributed by atoms with E-state index >= 15 is 0 Å². The molecule has 0 fully saturated rings. The molecule has 0 saturated carbocycles. The fourth-order valence-corrected chi connectivity index (χ4v) is 2.99. The number of hydrogen-bond acceptors (Lipinski definition) is 7. The van der Waals surface area contributed by atoms with Crippen LogP contribution in [0.25, 0.3) is 0 Å². The van der Waals surface area contributed by atoms with Crippen LogP contribution in [0.1, 0.15) is 31.4 Å². The minimum Gasteiger partial charge on any atom is -0.494 e. The molecule has 1 heterocycles. The Balaban J connectivity index is 1.50. The third-order valence-corrected chi connectivity index (χ3v) is 4.30. The van der Waals surface area contributed by atoms with E-state index in [-0.39, 0.29) is 11.9 Å². The molecule has 7 heteroatoms. The Morgan fingerprint density at radius 2 is 1.75 bits per heavy atom. The highest BCUT2D eigenvalue weighted by Crippen LogP contribution is 2.22. The molecule has 0 amide bonds. The van der Waals surface area contributed by atoms with E-state index in [9.17, 15) is 0 Å². The van der Waals surface area contributed by atoms with Crippen molar-refractivity contribution in [3.05, 3.63) is 65.7 Å². The van der Waals surface area contributed by atoms with E-state index in [4.69, 9.17) is 21.0 Å². The van der Waals surface area contributed by atoms with Crippen molar-refractivity contribution < 1.29 is 9.57 Å². The summed E-state index contributed by atoms with van der Waals surface area (Å²) < 4.78 is 5.88. The average molecular weight is 381 g/mol. The molecule has 0 atom stereocenters. The maximum Gasteiger partial charge on any atom is 0.226 e. The van der Waals surface area contributed by atoms with Crippen molar-refractivity contribution in [3.8, 4) is 5.75 Å². The molecule has 3 rings (SSSR count). The van der Waals surface area contributed by atoms with Gasteiger partial charge in [0.1, 0.15) is 12.4 Å². The zero-order chi connectivity index (χ0) is 20.0. The Morgan fingerprint density at radius 1 is 1.00 bits per heavy atom. The van der Waals surface area contributed by atoms with Gasteiger partial charge in [-0.3, -0.25) is 4.84 Å². The molecule has 1 aliphatic rings. The second-order valence-electron chi connectivity index (χ2n) is 7.09. The lowest BCUT2D eigenvalue weighted by molar-refractivity contribution is -0.166. The van der Waals surface area contributed by atoms with Crippen molar-refractivity contribution in [2.24, 2.45) is 21.5 Å². The molecule has 2 aromatic carbocycles. The summed E-state index contributed by atoms with van der Waals surface area (Å²) in [7, 11) is 0. The van der Waals surface area contributed by atoms with Crippen LogP contribution in [0, 0.1) is 0 Å². The highest BCUT2D eigenvalue weighted by atomic mass is 16.7. The van der Waals surface area contributed by atoms with Crippen LogP contribution in [-0.2, 0) is 17.9 Å². The van der Waals surface area contributed by atoms with Gasteiger partial charge in [-0.05, 0) is 49.9 Å². The lowest BCUT2D eigenvalue weighted by Crippen LogP contribution is -2.53. The number of benzene rings is 2. The number of ether oxygens (including phenoxy) is 1. The number of aliphatic imine (C=N–C) groups is 2. The largest absolute Gasteiger partial charge is 0.494 e. The molecular weight excluding hydrogens is 354 g/mol. The first-order chi connectivity index (χ1) is 13.4. The SMILES string of the molecule is CC1(C)N=C(N)N=C(N)N1OCc1cccc(OCCCc2ccccc2)c1. The Bertz CT molecular complexity index is 849. The van der Waals surface area contributed by atoms with Crippen LogP contribution in [0.3, 0.4) is 0 Å². The first-order valence-corrected chi connectivity index (χ1v) is 9.32. The minimum atomic E-state index is -0.721. The second-order valence-corrected chi connectivity index (χ2v) is 7.09. The number of rotatable bonds is 8. The van der Waals surface area contributed by atoms with E-state index in [0.717, 1.165) is 24.2 Å². The molecule has 0 aliphatic carbocycles. The van der Waals surface area contributed by atoms with Crippen LogP contribution >= 0.6 is 0 Å². The Hall–Kier alpha value is -3.06. The van der Waals surface area contributed by atoms with E-state index in [1.165, 1.54) is 10.6 Å². The summed E-state index contributed by atoms with van der Waals surface area (Å²) in [6, 6.07) is 18.2. The van der Waals surface area contributed by atoms with Gasteiger partial charge in [-0.2, -0.15) is 10.1 Å². The number of nitrogens with two attached hydrogens (primary N) is 2. The van der Waals surface area contributed by atoms with Crippen LogP contribution in [0.5, 0.6) is 5.75 Å². The van der Waals surface area contributed by atoms with E-state index in [1.54, 1.807) is 0 Å². The van der Waals surface area contributed by atoms with Gasteiger partial charge in [0.05, 0.1) is 6.61 Å². The van der Waals surface area contributed by atoms with Gasteiger partial charge >= 0.3 is 0 Å². The second kappa shape index (κ2) is 8.75. The first-order valence-electron chi connectivity index (χ1n) is 9.32. The van der Waals surface area contributed by atoms with Crippen LogP contribution in [0.4, 0.5) is 0 Å². The summed E-state index contributed by atoms with van der Waals surface area (Å²) in [5, 5.41) is 1.47. The molecular formula is C21H27N5O2. The molecule has 0 bridgehead atoms. The van der Waals surface area contributed by atoms with Crippen molar-refractivity contribution in [1.82, 2.24) is 5.06 Å². The minimum absolute atomic E-state index is 0.147. The van der Waals surface area contributed by atoms with Gasteiger partial charge in [0.15, 0.2) is 5.66 Å². The van der Waals surface area contributed by atoms with E-state index in [1.807, 2.05) is 44.2 Å². The predicted molar refractivity (Wildman–Crippen MR) is 111 cm³/mol. The third-order valence-electron chi connectivity index (χ3n) is 4.30. The van der Waals surface area contributed by atoms with Crippen LogP contribution in [0.2, 0.25) is 0 Å². The molecule has 4 N–H and O–H groups in total. The first kappa shape index (κ1) is 19.7. The number of hydrogen-bond donors (Lipinski definition) is 2. The number of aryl methyl sites for hydroxylation is 1. The summed E-state index contributed by atoms with van der Waals surface area (Å²) in [5.41, 5.74) is 13.2. The molecule has 0 radical (unpaired) electrons. The van der Waals surface area contributed by atoms with Gasteiger partial charge < -0.3 is 16.2 Å². The summed E-state index contributed by atoms with van der Waals surface area (Å²) in [6.45, 7) is 4.68. The average Bonchev–Trinajstić information content (AvgIpc) is 2.65. The lowest BCUT2D eigenvalue weighted by atomic mass is 10.1. The fourth-order valence-electron chi connectivity index (χ4n) is 2.99. The van der Waals surface area contributed by atoms with E-state index in [0.29, 0.717) is 13.2 Å². The van der Waals surface area contributed by atoms with Gasteiger partial charge in [-0.25, -0.2) is 4.99 Å². The topological polar surface area (TPSA) is 98.5 Å². The molecule has 28 heavy (non-hydrogen) atoms. The van der Waals surface area contributed by atoms with Crippen molar-refractivity contribution in [1.29, 1.82) is 0 Å².